The largest absolute Gasteiger partial charge is 0.377 e. The Morgan fingerprint density at radius 2 is 1.89 bits per heavy atom. The van der Waals surface area contributed by atoms with Crippen LogP contribution >= 0.6 is 0 Å². The molecule has 6 heteroatoms. The van der Waals surface area contributed by atoms with Gasteiger partial charge in [-0.25, -0.2) is 13.1 Å². The van der Waals surface area contributed by atoms with Crippen molar-refractivity contribution in [1.29, 1.82) is 0 Å². The predicted octanol–water partition coefficient (Wildman–Crippen LogP) is 3.35. The van der Waals surface area contributed by atoms with Gasteiger partial charge < -0.3 is 10.1 Å². The molecule has 0 bridgehead atoms. The molecule has 3 rings (SSSR count). The molecule has 2 aliphatic rings. The molecule has 2 atom stereocenters. The minimum atomic E-state index is -3.19. The molecule has 0 amide bonds. The molecule has 1 saturated heterocycles. The van der Waals surface area contributed by atoms with Crippen molar-refractivity contribution >= 4 is 10.0 Å². The Morgan fingerprint density at radius 3 is 2.61 bits per heavy atom. The molecular weight excluding hydrogens is 372 g/mol. The fraction of sp³-hybridized carbons (Fsp3) is 0.727. The first-order valence-electron chi connectivity index (χ1n) is 10.9. The summed E-state index contributed by atoms with van der Waals surface area (Å²) >= 11 is 0. The molecule has 1 aliphatic heterocycles. The van der Waals surface area contributed by atoms with Gasteiger partial charge in [-0.1, -0.05) is 37.6 Å². The summed E-state index contributed by atoms with van der Waals surface area (Å²) < 4.78 is 32.2. The Balaban J connectivity index is 1.49. The molecule has 1 aromatic rings. The smallest absolute Gasteiger partial charge is 0.209 e. The summed E-state index contributed by atoms with van der Waals surface area (Å²) in [6, 6.07) is 8.91. The van der Waals surface area contributed by atoms with Crippen LogP contribution in [0.4, 0.5) is 0 Å². The van der Waals surface area contributed by atoms with Crippen molar-refractivity contribution in [2.45, 2.75) is 82.4 Å². The molecule has 158 valence electrons. The molecule has 0 unspecified atom stereocenters. The summed E-state index contributed by atoms with van der Waals surface area (Å²) in [6.45, 7) is 3.75. The second-order valence-electron chi connectivity index (χ2n) is 8.46. The Labute approximate surface area is 170 Å². The SMILES string of the molecule is CCCc1ccccc1C1CCC(OC[C@@H]2NCCC[C@@H]2NS(C)(=O)=O)CC1. The van der Waals surface area contributed by atoms with Crippen molar-refractivity contribution in [3.63, 3.8) is 0 Å². The number of benzene rings is 1. The number of aryl methyl sites for hydroxylation is 1. The van der Waals surface area contributed by atoms with E-state index in [1.54, 1.807) is 0 Å². The zero-order chi connectivity index (χ0) is 20.0. The molecule has 2 N–H and O–H groups in total. The third-order valence-electron chi connectivity index (χ3n) is 6.15. The van der Waals surface area contributed by atoms with Crippen LogP contribution in [0.3, 0.4) is 0 Å². The molecule has 0 radical (unpaired) electrons. The van der Waals surface area contributed by atoms with E-state index in [-0.39, 0.29) is 18.2 Å². The number of hydrogen-bond donors (Lipinski definition) is 2. The third-order valence-corrected chi connectivity index (χ3v) is 6.88. The maximum Gasteiger partial charge on any atom is 0.209 e. The molecule has 5 nitrogen and oxygen atoms in total. The van der Waals surface area contributed by atoms with Crippen LogP contribution in [0.25, 0.3) is 0 Å². The summed E-state index contributed by atoms with van der Waals surface area (Å²) in [4.78, 5) is 0. The molecule has 1 heterocycles. The average molecular weight is 409 g/mol. The van der Waals surface area contributed by atoms with Crippen molar-refractivity contribution in [1.82, 2.24) is 10.0 Å². The molecule has 1 saturated carbocycles. The lowest BCUT2D eigenvalue weighted by molar-refractivity contribution is 0.00520. The van der Waals surface area contributed by atoms with Gasteiger partial charge in [0.2, 0.25) is 10.0 Å². The van der Waals surface area contributed by atoms with Gasteiger partial charge in [0, 0.05) is 12.1 Å². The molecular formula is C22H36N2O3S. The van der Waals surface area contributed by atoms with Gasteiger partial charge in [0.25, 0.3) is 0 Å². The first kappa shape index (κ1) is 21.8. The van der Waals surface area contributed by atoms with Gasteiger partial charge in [-0.2, -0.15) is 0 Å². The maximum atomic E-state index is 11.6. The maximum absolute atomic E-state index is 11.6. The molecule has 0 spiro atoms. The van der Waals surface area contributed by atoms with E-state index in [0.717, 1.165) is 38.6 Å². The van der Waals surface area contributed by atoms with Gasteiger partial charge in [0.1, 0.15) is 0 Å². The van der Waals surface area contributed by atoms with Crippen molar-refractivity contribution in [2.24, 2.45) is 0 Å². The summed E-state index contributed by atoms with van der Waals surface area (Å²) in [6.07, 6.45) is 10.3. The normalized spacial score (nSPS) is 28.9. The van der Waals surface area contributed by atoms with E-state index >= 15 is 0 Å². The predicted molar refractivity (Wildman–Crippen MR) is 114 cm³/mol. The minimum absolute atomic E-state index is 0.0616. The highest BCUT2D eigenvalue weighted by molar-refractivity contribution is 7.88. The van der Waals surface area contributed by atoms with Crippen molar-refractivity contribution in [2.75, 3.05) is 19.4 Å². The molecule has 2 fully saturated rings. The number of sulfonamides is 1. The van der Waals surface area contributed by atoms with Crippen LogP contribution in [0.5, 0.6) is 0 Å². The Morgan fingerprint density at radius 1 is 1.14 bits per heavy atom. The van der Waals surface area contributed by atoms with Gasteiger partial charge in [0.15, 0.2) is 0 Å². The number of nitrogens with one attached hydrogen (secondary N) is 2. The molecule has 28 heavy (non-hydrogen) atoms. The van der Waals surface area contributed by atoms with Gasteiger partial charge in [-0.15, -0.1) is 0 Å². The van der Waals surface area contributed by atoms with E-state index in [0.29, 0.717) is 12.5 Å². The highest BCUT2D eigenvalue weighted by Gasteiger charge is 2.29. The quantitative estimate of drug-likeness (QED) is 0.692. The first-order valence-corrected chi connectivity index (χ1v) is 12.8. The average Bonchev–Trinajstić information content (AvgIpc) is 2.67. The van der Waals surface area contributed by atoms with E-state index in [4.69, 9.17) is 4.74 Å². The van der Waals surface area contributed by atoms with Crippen LogP contribution in [0.2, 0.25) is 0 Å². The van der Waals surface area contributed by atoms with Gasteiger partial charge in [-0.05, 0) is 68.5 Å². The van der Waals surface area contributed by atoms with Crippen molar-refractivity contribution in [3.05, 3.63) is 35.4 Å². The minimum Gasteiger partial charge on any atom is -0.377 e. The third kappa shape index (κ3) is 6.28. The highest BCUT2D eigenvalue weighted by Crippen LogP contribution is 2.36. The van der Waals surface area contributed by atoms with Gasteiger partial charge >= 0.3 is 0 Å². The van der Waals surface area contributed by atoms with Crippen LogP contribution in [-0.2, 0) is 21.2 Å². The van der Waals surface area contributed by atoms with Crippen LogP contribution < -0.4 is 10.0 Å². The molecule has 0 aromatic heterocycles. The second kappa shape index (κ2) is 10.2. The molecule has 1 aromatic carbocycles. The van der Waals surface area contributed by atoms with Crippen LogP contribution in [0.15, 0.2) is 24.3 Å². The van der Waals surface area contributed by atoms with Crippen molar-refractivity contribution < 1.29 is 13.2 Å². The Hall–Kier alpha value is -0.950. The van der Waals surface area contributed by atoms with Crippen LogP contribution in [0.1, 0.15) is 68.9 Å². The van der Waals surface area contributed by atoms with E-state index in [2.05, 4.69) is 41.2 Å². The lowest BCUT2D eigenvalue weighted by Crippen LogP contribution is -2.55. The fourth-order valence-electron chi connectivity index (χ4n) is 4.75. The summed E-state index contributed by atoms with van der Waals surface area (Å²) in [5, 5.41) is 3.44. The second-order valence-corrected chi connectivity index (χ2v) is 10.2. The van der Waals surface area contributed by atoms with E-state index in [1.165, 1.54) is 36.6 Å². The van der Waals surface area contributed by atoms with Crippen molar-refractivity contribution in [3.8, 4) is 0 Å². The van der Waals surface area contributed by atoms with Gasteiger partial charge in [0.05, 0.1) is 19.0 Å². The van der Waals surface area contributed by atoms with E-state index < -0.39 is 10.0 Å². The topological polar surface area (TPSA) is 67.4 Å². The van der Waals surface area contributed by atoms with Crippen LogP contribution in [0, 0.1) is 0 Å². The van der Waals surface area contributed by atoms with Crippen LogP contribution in [-0.4, -0.2) is 46.0 Å². The lowest BCUT2D eigenvalue weighted by Gasteiger charge is -2.35. The number of piperidine rings is 1. The highest BCUT2D eigenvalue weighted by atomic mass is 32.2. The Bertz CT molecular complexity index is 714. The summed E-state index contributed by atoms with van der Waals surface area (Å²) in [5.41, 5.74) is 3.05. The number of rotatable bonds is 8. The standard InChI is InChI=1S/C22H36N2O3S/c1-3-7-17-8-4-5-9-20(17)18-11-13-19(14-12-18)27-16-22-21(10-6-15-23-22)24-28(2,25)26/h4-5,8-9,18-19,21-24H,3,6-7,10-16H2,1-2H3/t18?,19?,21-,22-/m0/s1. The zero-order valence-electron chi connectivity index (χ0n) is 17.3. The van der Waals surface area contributed by atoms with E-state index in [9.17, 15) is 8.42 Å². The number of hydrogen-bond acceptors (Lipinski definition) is 4. The zero-order valence-corrected chi connectivity index (χ0v) is 18.1. The summed E-state index contributed by atoms with van der Waals surface area (Å²) in [7, 11) is -3.19. The van der Waals surface area contributed by atoms with Gasteiger partial charge in [-0.3, -0.25) is 0 Å². The van der Waals surface area contributed by atoms with E-state index in [1.807, 2.05) is 0 Å². The first-order chi connectivity index (χ1) is 13.5. The lowest BCUT2D eigenvalue weighted by atomic mass is 9.80. The molecule has 1 aliphatic carbocycles. The summed E-state index contributed by atoms with van der Waals surface area (Å²) in [5.74, 6) is 0.648. The monoisotopic (exact) mass is 408 g/mol. The number of ether oxygens (including phenoxy) is 1. The fourth-order valence-corrected chi connectivity index (χ4v) is 5.59. The Kier molecular flexibility index (Phi) is 7.92.